The van der Waals surface area contributed by atoms with Crippen LogP contribution >= 0.6 is 0 Å². The number of pyridine rings is 2. The first kappa shape index (κ1) is 27.2. The van der Waals surface area contributed by atoms with Gasteiger partial charge in [-0.05, 0) is 68.4 Å². The summed E-state index contributed by atoms with van der Waals surface area (Å²) in [4.78, 5) is 26.0. The van der Waals surface area contributed by atoms with E-state index in [0.29, 0.717) is 22.8 Å². The molecule has 0 saturated carbocycles. The molecule has 3 aromatic rings. The molecule has 4 rings (SSSR count). The van der Waals surface area contributed by atoms with Crippen LogP contribution in [0.4, 0.5) is 17.2 Å². The van der Waals surface area contributed by atoms with Crippen LogP contribution in [-0.2, 0) is 11.3 Å². The molecule has 10 nitrogen and oxygen atoms in total. The fourth-order valence-corrected chi connectivity index (χ4v) is 4.32. The molecular weight excluding hydrogens is 480 g/mol. The van der Waals surface area contributed by atoms with E-state index >= 15 is 0 Å². The van der Waals surface area contributed by atoms with Gasteiger partial charge in [0, 0.05) is 61.9 Å². The predicted octanol–water partition coefficient (Wildman–Crippen LogP) is 2.66. The Balaban J connectivity index is 1.42. The number of amides is 1. The quantitative estimate of drug-likeness (QED) is 0.204. The molecule has 1 amide bonds. The summed E-state index contributed by atoms with van der Waals surface area (Å²) in [5, 5.41) is 24.2. The number of aromatic nitrogens is 2. The number of anilines is 3. The van der Waals surface area contributed by atoms with Crippen LogP contribution in [0.3, 0.4) is 0 Å². The van der Waals surface area contributed by atoms with Gasteiger partial charge in [-0.2, -0.15) is 0 Å². The number of carbonyl (C=O) groups is 1. The van der Waals surface area contributed by atoms with E-state index < -0.39 is 5.91 Å². The number of likely N-dealkylation sites (N-methyl/N-ethyl adjacent to an activating group) is 1. The van der Waals surface area contributed by atoms with E-state index in [9.17, 15) is 9.90 Å². The number of aliphatic hydroxyl groups is 1. The Kier molecular flexibility index (Phi) is 9.01. The Morgan fingerprint density at radius 1 is 1.13 bits per heavy atom. The first-order valence-corrected chi connectivity index (χ1v) is 12.8. The first-order chi connectivity index (χ1) is 18.3. The molecule has 0 radical (unpaired) electrons. The molecule has 0 atom stereocenters. The number of nitrogen functional groups attached to an aromatic ring is 1. The van der Waals surface area contributed by atoms with E-state index in [1.165, 1.54) is 0 Å². The lowest BCUT2D eigenvalue weighted by Crippen LogP contribution is -2.35. The highest BCUT2D eigenvalue weighted by molar-refractivity contribution is 6.48. The Labute approximate surface area is 223 Å². The van der Waals surface area contributed by atoms with Crippen molar-refractivity contribution in [1.29, 1.82) is 5.41 Å². The summed E-state index contributed by atoms with van der Waals surface area (Å²) in [5.74, 6) is 0.147. The summed E-state index contributed by atoms with van der Waals surface area (Å²) in [6.07, 6.45) is 6.53. The van der Waals surface area contributed by atoms with Crippen molar-refractivity contribution < 1.29 is 9.90 Å². The van der Waals surface area contributed by atoms with Gasteiger partial charge in [0.05, 0.1) is 18.0 Å². The summed E-state index contributed by atoms with van der Waals surface area (Å²) >= 11 is 0. The van der Waals surface area contributed by atoms with Crippen LogP contribution in [0.15, 0.2) is 55.0 Å². The summed E-state index contributed by atoms with van der Waals surface area (Å²) in [6, 6.07) is 10.9. The lowest BCUT2D eigenvalue weighted by molar-refractivity contribution is -0.110. The monoisotopic (exact) mass is 516 g/mol. The van der Waals surface area contributed by atoms with Crippen LogP contribution in [0.2, 0.25) is 0 Å². The highest BCUT2D eigenvalue weighted by atomic mass is 16.3. The van der Waals surface area contributed by atoms with Gasteiger partial charge in [-0.15, -0.1) is 0 Å². The number of hydrogen-bond donors (Lipinski definition) is 5. The topological polar surface area (TPSA) is 143 Å². The van der Waals surface area contributed by atoms with E-state index in [1.54, 1.807) is 36.7 Å². The molecule has 38 heavy (non-hydrogen) atoms. The molecule has 3 heterocycles. The molecule has 1 fully saturated rings. The predicted molar refractivity (Wildman–Crippen MR) is 151 cm³/mol. The number of rotatable bonds is 10. The maximum Gasteiger partial charge on any atom is 0.274 e. The number of nitrogens with one attached hydrogen (secondary N) is 3. The Hall–Kier alpha value is -3.86. The minimum Gasteiger partial charge on any atom is -0.398 e. The molecule has 0 aliphatic carbocycles. The molecule has 2 aromatic heterocycles. The van der Waals surface area contributed by atoms with Crippen LogP contribution in [0.5, 0.6) is 0 Å². The van der Waals surface area contributed by atoms with Crippen LogP contribution in [0.1, 0.15) is 24.0 Å². The summed E-state index contributed by atoms with van der Waals surface area (Å²) in [5.41, 5.74) is 9.91. The second-order valence-corrected chi connectivity index (χ2v) is 9.88. The first-order valence-electron chi connectivity index (χ1n) is 12.8. The van der Waals surface area contributed by atoms with Gasteiger partial charge in [0.1, 0.15) is 11.5 Å². The average Bonchev–Trinajstić information content (AvgIpc) is 2.91. The Morgan fingerprint density at radius 2 is 1.92 bits per heavy atom. The van der Waals surface area contributed by atoms with Crippen molar-refractivity contribution in [3.63, 3.8) is 0 Å². The number of piperidine rings is 1. The van der Waals surface area contributed by atoms with Crippen LogP contribution in [0, 0.1) is 5.41 Å². The molecule has 200 valence electrons. The van der Waals surface area contributed by atoms with Crippen LogP contribution in [0.25, 0.3) is 11.1 Å². The molecule has 6 N–H and O–H groups in total. The van der Waals surface area contributed by atoms with Gasteiger partial charge in [0.25, 0.3) is 5.91 Å². The zero-order valence-electron chi connectivity index (χ0n) is 21.9. The van der Waals surface area contributed by atoms with Gasteiger partial charge in [-0.25, -0.2) is 4.98 Å². The Bertz CT molecular complexity index is 1250. The van der Waals surface area contributed by atoms with Crippen molar-refractivity contribution in [3.8, 4) is 11.1 Å². The smallest absolute Gasteiger partial charge is 0.274 e. The number of nitrogens with two attached hydrogens (primary N) is 1. The molecule has 0 unspecified atom stereocenters. The molecule has 1 aliphatic rings. The third kappa shape index (κ3) is 7.34. The fraction of sp³-hybridized carbons (Fsp3) is 0.357. The number of hydrogen-bond acceptors (Lipinski definition) is 9. The summed E-state index contributed by atoms with van der Waals surface area (Å²) < 4.78 is 0. The molecule has 1 aromatic carbocycles. The maximum absolute atomic E-state index is 12.9. The fourth-order valence-electron chi connectivity index (χ4n) is 4.32. The molecular formula is C28H36N8O2. The average molecular weight is 517 g/mol. The molecule has 0 bridgehead atoms. The zero-order chi connectivity index (χ0) is 27.1. The van der Waals surface area contributed by atoms with Crippen molar-refractivity contribution in [1.82, 2.24) is 19.8 Å². The Morgan fingerprint density at radius 3 is 2.63 bits per heavy atom. The lowest BCUT2D eigenvalue weighted by atomic mass is 9.99. The number of benzene rings is 1. The van der Waals surface area contributed by atoms with E-state index in [2.05, 4.69) is 36.5 Å². The highest BCUT2D eigenvalue weighted by Gasteiger charge is 2.18. The van der Waals surface area contributed by atoms with Gasteiger partial charge < -0.3 is 26.4 Å². The van der Waals surface area contributed by atoms with Gasteiger partial charge >= 0.3 is 0 Å². The third-order valence-corrected chi connectivity index (χ3v) is 6.53. The number of aliphatic hydroxyl groups excluding tert-OH is 1. The van der Waals surface area contributed by atoms with E-state index in [-0.39, 0.29) is 11.8 Å². The standard InChI is InChI=1S/C28H36N8O2/c1-35(2)12-9-32-26-6-4-22(17-33-26)34-28(38)27(30)24-14-20(3-5-25(24)29)21-13-19(15-31-16-21)18-36-10-7-23(37)8-11-36/h3-6,13-17,23,30,37H,7-12,18,29H2,1-2H3,(H,32,33)(H,34,38). The zero-order valence-corrected chi connectivity index (χ0v) is 21.9. The van der Waals surface area contributed by atoms with Crippen LogP contribution in [-0.4, -0.2) is 82.9 Å². The van der Waals surface area contributed by atoms with E-state index in [1.807, 2.05) is 26.4 Å². The summed E-state index contributed by atoms with van der Waals surface area (Å²) in [6.45, 7) is 4.10. The van der Waals surface area contributed by atoms with Crippen molar-refractivity contribution in [2.45, 2.75) is 25.5 Å². The second kappa shape index (κ2) is 12.6. The number of carbonyl (C=O) groups excluding carboxylic acids is 1. The van der Waals surface area contributed by atoms with Gasteiger partial charge in [0.15, 0.2) is 0 Å². The number of likely N-dealkylation sites (tertiary alicyclic amines) is 1. The second-order valence-electron chi connectivity index (χ2n) is 9.88. The van der Waals surface area contributed by atoms with Crippen molar-refractivity contribution >= 4 is 28.8 Å². The molecule has 0 spiro atoms. The van der Waals surface area contributed by atoms with Gasteiger partial charge in [0.2, 0.25) is 0 Å². The molecule has 1 saturated heterocycles. The minimum atomic E-state index is -0.567. The minimum absolute atomic E-state index is 0.206. The lowest BCUT2D eigenvalue weighted by Gasteiger charge is -2.29. The van der Waals surface area contributed by atoms with E-state index in [4.69, 9.17) is 11.1 Å². The van der Waals surface area contributed by atoms with Gasteiger partial charge in [-0.3, -0.25) is 20.1 Å². The summed E-state index contributed by atoms with van der Waals surface area (Å²) in [7, 11) is 4.01. The van der Waals surface area contributed by atoms with Crippen LogP contribution < -0.4 is 16.4 Å². The third-order valence-electron chi connectivity index (χ3n) is 6.53. The molecule has 1 aliphatic heterocycles. The van der Waals surface area contributed by atoms with E-state index in [0.717, 1.165) is 62.3 Å². The van der Waals surface area contributed by atoms with Crippen molar-refractivity contribution in [2.24, 2.45) is 0 Å². The normalized spacial score (nSPS) is 14.4. The SMILES string of the molecule is CN(C)CCNc1ccc(NC(=O)C(=N)c2cc(-c3cncc(CN4CCC(O)CC4)c3)ccc2N)cn1. The molecule has 10 heteroatoms. The number of nitrogens with zero attached hydrogens (tertiary/aromatic N) is 4. The van der Waals surface area contributed by atoms with Crippen molar-refractivity contribution in [3.05, 3.63) is 66.1 Å². The maximum atomic E-state index is 12.9. The van der Waals surface area contributed by atoms with Crippen molar-refractivity contribution in [2.75, 3.05) is 56.6 Å². The van der Waals surface area contributed by atoms with Gasteiger partial charge in [-0.1, -0.05) is 6.07 Å². The highest BCUT2D eigenvalue weighted by Crippen LogP contribution is 2.25. The largest absolute Gasteiger partial charge is 0.398 e.